The molecule has 0 nitrogen and oxygen atoms in total. The molecule has 0 N–H and O–H groups in total. The summed E-state index contributed by atoms with van der Waals surface area (Å²) in [5.74, 6) is 0. The van der Waals surface area contributed by atoms with Crippen molar-refractivity contribution >= 4 is 22.2 Å². The van der Waals surface area contributed by atoms with Crippen LogP contribution in [0.5, 0.6) is 0 Å². The van der Waals surface area contributed by atoms with E-state index in [1.807, 2.05) is 0 Å². The highest BCUT2D eigenvalue weighted by molar-refractivity contribution is 8.43. The van der Waals surface area contributed by atoms with Crippen molar-refractivity contribution in [2.45, 2.75) is 26.2 Å². The molecule has 3 heteroatoms. The second kappa shape index (κ2) is 1.23. The maximum atomic E-state index is 2.54. The van der Waals surface area contributed by atoms with Crippen molar-refractivity contribution in [3.8, 4) is 0 Å². The largest absolute Gasteiger partial charge is 0.148 e. The average molecular weight is 148 g/mol. The van der Waals surface area contributed by atoms with E-state index in [4.69, 9.17) is 0 Å². The van der Waals surface area contributed by atoms with Gasteiger partial charge in [-0.05, 0) is 0 Å². The Morgan fingerprint density at radius 1 is 0.857 bits per heavy atom. The first-order chi connectivity index (χ1) is 2.96. The highest BCUT2D eigenvalue weighted by Gasteiger charge is 2.57. The molecule has 0 aliphatic carbocycles. The minimum atomic E-state index is -0.422. The molecule has 1 fully saturated rings. The fraction of sp³-hybridized carbons (Fsp3) is 1.00. The Balaban J connectivity index is 2.59. The molecule has 1 aliphatic heterocycles. The van der Waals surface area contributed by atoms with Gasteiger partial charge in [0, 0.05) is 0 Å². The molecule has 1 heterocycles. The number of rotatable bonds is 0. The quantitative estimate of drug-likeness (QED) is 0.365. The van der Waals surface area contributed by atoms with Crippen LogP contribution in [0.2, 0.25) is 26.2 Å². The van der Waals surface area contributed by atoms with Crippen LogP contribution in [0.25, 0.3) is 0 Å². The van der Waals surface area contributed by atoms with E-state index in [1.165, 1.54) is 7.68 Å². The lowest BCUT2D eigenvalue weighted by molar-refractivity contribution is 1.97. The van der Waals surface area contributed by atoms with E-state index in [-0.39, 0.29) is 0 Å². The SMILES string of the molecule is C[Si]1(C)P[Si]1(C)C. The summed E-state index contributed by atoms with van der Waals surface area (Å²) in [4.78, 5) is 0. The molecule has 0 radical (unpaired) electrons. The third-order valence-corrected chi connectivity index (χ3v) is 39.4. The highest BCUT2D eigenvalue weighted by atomic mass is 31.8. The molecule has 0 aromatic heterocycles. The van der Waals surface area contributed by atoms with Crippen LogP contribution in [0, 0.1) is 0 Å². The fourth-order valence-corrected chi connectivity index (χ4v) is 33.8. The Bertz CT molecular complexity index is 85.9. The van der Waals surface area contributed by atoms with E-state index in [2.05, 4.69) is 26.2 Å². The van der Waals surface area contributed by atoms with Gasteiger partial charge in [-0.1, -0.05) is 26.2 Å². The van der Waals surface area contributed by atoms with E-state index < -0.39 is 14.5 Å². The van der Waals surface area contributed by atoms with Gasteiger partial charge in [0.15, 0.2) is 0 Å². The average Bonchev–Trinajstić information content (AvgIpc) is 1.63. The lowest BCUT2D eigenvalue weighted by Crippen LogP contribution is -2.21. The van der Waals surface area contributed by atoms with Gasteiger partial charge in [-0.2, -0.15) is 0 Å². The molecular weight excluding hydrogens is 135 g/mol. The molecule has 0 bridgehead atoms. The smallest absolute Gasteiger partial charge is 0.0651 e. The van der Waals surface area contributed by atoms with Gasteiger partial charge in [0.25, 0.3) is 0 Å². The Kier molecular flexibility index (Phi) is 1.05. The summed E-state index contributed by atoms with van der Waals surface area (Å²) in [6.07, 6.45) is 0. The van der Waals surface area contributed by atoms with Crippen molar-refractivity contribution in [2.75, 3.05) is 0 Å². The van der Waals surface area contributed by atoms with E-state index in [9.17, 15) is 0 Å². The molecule has 1 rings (SSSR count). The molecule has 0 saturated carbocycles. The van der Waals surface area contributed by atoms with Gasteiger partial charge in [0.2, 0.25) is 0 Å². The third-order valence-electron chi connectivity index (χ3n) is 2.12. The van der Waals surface area contributed by atoms with Gasteiger partial charge in [-0.15, -0.1) is 7.68 Å². The van der Waals surface area contributed by atoms with Crippen molar-refractivity contribution in [2.24, 2.45) is 0 Å². The molecule has 1 aliphatic rings. The molecular formula is C4H13PSi2. The summed E-state index contributed by atoms with van der Waals surface area (Å²) in [6.45, 7) is 10.2. The molecule has 42 valence electrons. The summed E-state index contributed by atoms with van der Waals surface area (Å²) in [5, 5.41) is 0. The number of hydrogen-bond acceptors (Lipinski definition) is 0. The molecule has 1 saturated heterocycles. The second-order valence-corrected chi connectivity index (χ2v) is 31.1. The van der Waals surface area contributed by atoms with E-state index in [0.717, 1.165) is 0 Å². The molecule has 0 spiro atoms. The zero-order chi connectivity index (χ0) is 5.71. The van der Waals surface area contributed by atoms with Crippen LogP contribution in [0.4, 0.5) is 0 Å². The van der Waals surface area contributed by atoms with Crippen LogP contribution in [0.3, 0.4) is 0 Å². The van der Waals surface area contributed by atoms with Gasteiger partial charge in [0.05, 0.1) is 14.5 Å². The fourth-order valence-electron chi connectivity index (χ4n) is 0.750. The van der Waals surface area contributed by atoms with Crippen LogP contribution in [-0.2, 0) is 0 Å². The summed E-state index contributed by atoms with van der Waals surface area (Å²) in [7, 11) is 0.620. The molecule has 0 aromatic carbocycles. The van der Waals surface area contributed by atoms with Crippen LogP contribution in [0.1, 0.15) is 0 Å². The first-order valence-electron chi connectivity index (χ1n) is 2.75. The summed E-state index contributed by atoms with van der Waals surface area (Å²) in [6, 6.07) is 0. The van der Waals surface area contributed by atoms with Crippen LogP contribution in [-0.4, -0.2) is 14.5 Å². The molecule has 0 amide bonds. The summed E-state index contributed by atoms with van der Waals surface area (Å²) in [5.41, 5.74) is 0. The lowest BCUT2D eigenvalue weighted by atomic mass is 11.9. The zero-order valence-electron chi connectivity index (χ0n) is 5.50. The number of hydrogen-bond donors (Lipinski definition) is 0. The molecule has 7 heavy (non-hydrogen) atoms. The van der Waals surface area contributed by atoms with E-state index in [0.29, 0.717) is 0 Å². The van der Waals surface area contributed by atoms with Gasteiger partial charge >= 0.3 is 0 Å². The van der Waals surface area contributed by atoms with Crippen LogP contribution >= 0.6 is 7.68 Å². The zero-order valence-corrected chi connectivity index (χ0v) is 8.50. The molecule has 0 aromatic rings. The Hall–Kier alpha value is 0.864. The Labute approximate surface area is 49.0 Å². The first kappa shape index (κ1) is 5.99. The van der Waals surface area contributed by atoms with Gasteiger partial charge in [-0.3, -0.25) is 0 Å². The summed E-state index contributed by atoms with van der Waals surface area (Å²) >= 11 is 0. The minimum absolute atomic E-state index is 0.422. The van der Waals surface area contributed by atoms with E-state index >= 15 is 0 Å². The molecule has 0 unspecified atom stereocenters. The Morgan fingerprint density at radius 2 is 1.00 bits per heavy atom. The van der Waals surface area contributed by atoms with Crippen molar-refractivity contribution in [1.82, 2.24) is 0 Å². The van der Waals surface area contributed by atoms with E-state index in [1.54, 1.807) is 0 Å². The monoisotopic (exact) mass is 148 g/mol. The van der Waals surface area contributed by atoms with Crippen molar-refractivity contribution < 1.29 is 0 Å². The standard InChI is InChI=1S/C4H13PSi2/c1-6(2)5-7(6,3)4/h5H,1-4H3. The maximum absolute atomic E-state index is 2.54. The van der Waals surface area contributed by atoms with Crippen molar-refractivity contribution in [1.29, 1.82) is 0 Å². The van der Waals surface area contributed by atoms with Crippen LogP contribution in [0.15, 0.2) is 0 Å². The van der Waals surface area contributed by atoms with Crippen LogP contribution < -0.4 is 0 Å². The molecule has 0 atom stereocenters. The van der Waals surface area contributed by atoms with Gasteiger partial charge in [-0.25, -0.2) is 0 Å². The Morgan fingerprint density at radius 3 is 1.00 bits per heavy atom. The first-order valence-corrected chi connectivity index (χ1v) is 12.8. The van der Waals surface area contributed by atoms with Gasteiger partial charge in [0.1, 0.15) is 0 Å². The minimum Gasteiger partial charge on any atom is -0.148 e. The normalized spacial score (nSPS) is 32.6. The second-order valence-electron chi connectivity index (χ2n) is 3.38. The third kappa shape index (κ3) is 0.845. The topological polar surface area (TPSA) is 0 Å². The summed E-state index contributed by atoms with van der Waals surface area (Å²) < 4.78 is 0. The van der Waals surface area contributed by atoms with Gasteiger partial charge < -0.3 is 0 Å². The predicted molar refractivity (Wildman–Crippen MR) is 43.3 cm³/mol. The van der Waals surface area contributed by atoms with Crippen molar-refractivity contribution in [3.63, 3.8) is 0 Å². The maximum Gasteiger partial charge on any atom is 0.0651 e. The predicted octanol–water partition coefficient (Wildman–Crippen LogP) is 2.17. The van der Waals surface area contributed by atoms with Crippen molar-refractivity contribution in [3.05, 3.63) is 0 Å². The lowest BCUT2D eigenvalue weighted by Gasteiger charge is -1.98. The highest BCUT2D eigenvalue weighted by Crippen LogP contribution is 2.61.